The molecular weight excluding hydrogens is 296 g/mol. The van der Waals surface area contributed by atoms with Gasteiger partial charge in [-0.25, -0.2) is 0 Å². The van der Waals surface area contributed by atoms with Crippen LogP contribution in [0.25, 0.3) is 10.8 Å². The quantitative estimate of drug-likeness (QED) is 0.669. The zero-order valence-electron chi connectivity index (χ0n) is 11.7. The van der Waals surface area contributed by atoms with Crippen LogP contribution in [0.1, 0.15) is 17.8 Å². The lowest BCUT2D eigenvalue weighted by Gasteiger charge is -2.16. The number of benzene rings is 2. The third-order valence-electron chi connectivity index (χ3n) is 3.36. The van der Waals surface area contributed by atoms with Crippen molar-refractivity contribution in [1.82, 2.24) is 5.32 Å². The van der Waals surface area contributed by atoms with E-state index in [2.05, 4.69) is 53.3 Å². The monoisotopic (exact) mass is 312 g/mol. The minimum absolute atomic E-state index is 0.208. The summed E-state index contributed by atoms with van der Waals surface area (Å²) in [5.41, 5.74) is 1.03. The van der Waals surface area contributed by atoms with Crippen LogP contribution < -0.4 is 10.6 Å². The molecule has 0 amide bonds. The summed E-state index contributed by atoms with van der Waals surface area (Å²) < 4.78 is 0. The van der Waals surface area contributed by atoms with Gasteiger partial charge in [0.05, 0.1) is 6.04 Å². The van der Waals surface area contributed by atoms with E-state index in [9.17, 15) is 0 Å². The van der Waals surface area contributed by atoms with Gasteiger partial charge in [0.15, 0.2) is 5.11 Å². The lowest BCUT2D eigenvalue weighted by molar-refractivity contribution is 0.737. The summed E-state index contributed by atoms with van der Waals surface area (Å²) in [6.07, 6.45) is 0. The summed E-state index contributed by atoms with van der Waals surface area (Å²) in [7, 11) is 0. The number of hydrogen-bond acceptors (Lipinski definition) is 2. The second-order valence-corrected chi connectivity index (χ2v) is 6.25. The first-order valence-electron chi connectivity index (χ1n) is 6.83. The predicted molar refractivity (Wildman–Crippen MR) is 96.0 cm³/mol. The Morgan fingerprint density at radius 1 is 1.05 bits per heavy atom. The van der Waals surface area contributed by atoms with Crippen molar-refractivity contribution in [2.45, 2.75) is 13.0 Å². The highest BCUT2D eigenvalue weighted by molar-refractivity contribution is 7.80. The van der Waals surface area contributed by atoms with E-state index < -0.39 is 0 Å². The molecule has 21 heavy (non-hydrogen) atoms. The van der Waals surface area contributed by atoms with E-state index in [1.165, 1.54) is 15.6 Å². The largest absolute Gasteiger partial charge is 0.355 e. The molecule has 0 unspecified atom stereocenters. The molecule has 0 saturated heterocycles. The zero-order valence-corrected chi connectivity index (χ0v) is 13.3. The fourth-order valence-corrected chi connectivity index (χ4v) is 3.32. The maximum absolute atomic E-state index is 5.43. The Hall–Kier alpha value is -1.91. The lowest BCUT2D eigenvalue weighted by atomic mass is 10.1. The van der Waals surface area contributed by atoms with E-state index in [1.807, 2.05) is 24.3 Å². The van der Waals surface area contributed by atoms with Gasteiger partial charge in [0.25, 0.3) is 0 Å². The normalized spacial score (nSPS) is 12.0. The maximum Gasteiger partial charge on any atom is 0.171 e. The second-order valence-electron chi connectivity index (χ2n) is 4.86. The fourth-order valence-electron chi connectivity index (χ4n) is 2.30. The average molecular weight is 312 g/mol. The number of hydrogen-bond donors (Lipinski definition) is 2. The summed E-state index contributed by atoms with van der Waals surface area (Å²) in [5, 5.41) is 11.7. The molecule has 0 aliphatic carbocycles. The van der Waals surface area contributed by atoms with E-state index >= 15 is 0 Å². The molecule has 0 bridgehead atoms. The van der Waals surface area contributed by atoms with Crippen molar-refractivity contribution in [3.8, 4) is 0 Å². The van der Waals surface area contributed by atoms with E-state index in [4.69, 9.17) is 12.2 Å². The van der Waals surface area contributed by atoms with Gasteiger partial charge in [-0.3, -0.25) is 0 Å². The molecule has 2 aromatic carbocycles. The van der Waals surface area contributed by atoms with Crippen molar-refractivity contribution in [2.75, 3.05) is 5.32 Å². The number of anilines is 1. The van der Waals surface area contributed by atoms with E-state index in [0.29, 0.717) is 5.11 Å². The Balaban J connectivity index is 1.75. The highest BCUT2D eigenvalue weighted by Crippen LogP contribution is 2.23. The van der Waals surface area contributed by atoms with Crippen molar-refractivity contribution in [2.24, 2.45) is 0 Å². The topological polar surface area (TPSA) is 24.1 Å². The molecule has 0 spiro atoms. The van der Waals surface area contributed by atoms with E-state index in [-0.39, 0.29) is 6.04 Å². The summed E-state index contributed by atoms with van der Waals surface area (Å²) >= 11 is 7.16. The summed E-state index contributed by atoms with van der Waals surface area (Å²) in [6.45, 7) is 2.11. The summed E-state index contributed by atoms with van der Waals surface area (Å²) in [4.78, 5) is 1.28. The highest BCUT2D eigenvalue weighted by atomic mass is 32.1. The van der Waals surface area contributed by atoms with E-state index in [1.54, 1.807) is 11.3 Å². The molecule has 2 N–H and O–H groups in total. The molecule has 0 aliphatic heterocycles. The summed E-state index contributed by atoms with van der Waals surface area (Å²) in [6, 6.07) is 18.9. The molecule has 1 atom stereocenters. The average Bonchev–Trinajstić information content (AvgIpc) is 3.02. The van der Waals surface area contributed by atoms with Crippen LogP contribution in [-0.4, -0.2) is 5.11 Å². The fraction of sp³-hybridized carbons (Fsp3) is 0.118. The van der Waals surface area contributed by atoms with Crippen LogP contribution in [0.4, 0.5) is 5.69 Å². The SMILES string of the molecule is C[C@H](NC(=S)Nc1cccc2ccccc12)c1cccs1. The first kappa shape index (κ1) is 14.0. The van der Waals surface area contributed by atoms with Crippen molar-refractivity contribution in [1.29, 1.82) is 0 Å². The molecule has 1 heterocycles. The third-order valence-corrected chi connectivity index (χ3v) is 4.63. The van der Waals surface area contributed by atoms with Crippen LogP contribution in [0.15, 0.2) is 60.0 Å². The van der Waals surface area contributed by atoms with Crippen LogP contribution in [0, 0.1) is 0 Å². The zero-order chi connectivity index (χ0) is 14.7. The summed E-state index contributed by atoms with van der Waals surface area (Å²) in [5.74, 6) is 0. The first-order chi connectivity index (χ1) is 10.2. The molecule has 2 nitrogen and oxygen atoms in total. The highest BCUT2D eigenvalue weighted by Gasteiger charge is 2.08. The standard InChI is InChI=1S/C17H16N2S2/c1-12(16-10-5-11-21-16)18-17(20)19-15-9-4-7-13-6-2-3-8-14(13)15/h2-12H,1H3,(H2,18,19,20)/t12-/m0/s1. The molecule has 0 saturated carbocycles. The molecule has 3 aromatic rings. The van der Waals surface area contributed by atoms with Crippen LogP contribution in [0.2, 0.25) is 0 Å². The van der Waals surface area contributed by atoms with Gasteiger partial charge < -0.3 is 10.6 Å². The van der Waals surface area contributed by atoms with Gasteiger partial charge in [0.1, 0.15) is 0 Å². The Labute approximate surface area is 133 Å². The van der Waals surface area contributed by atoms with Gasteiger partial charge in [0, 0.05) is 16.0 Å². The Kier molecular flexibility index (Phi) is 4.18. The Morgan fingerprint density at radius 3 is 2.67 bits per heavy atom. The third kappa shape index (κ3) is 3.23. The minimum atomic E-state index is 0.208. The van der Waals surface area contributed by atoms with Crippen molar-refractivity contribution < 1.29 is 0 Å². The number of fused-ring (bicyclic) bond motifs is 1. The number of thiophene rings is 1. The predicted octanol–water partition coefficient (Wildman–Crippen LogP) is 4.95. The van der Waals surface area contributed by atoms with Crippen LogP contribution in [-0.2, 0) is 0 Å². The molecule has 0 aliphatic rings. The van der Waals surface area contributed by atoms with Gasteiger partial charge in [-0.2, -0.15) is 0 Å². The van der Waals surface area contributed by atoms with Crippen LogP contribution in [0.5, 0.6) is 0 Å². The first-order valence-corrected chi connectivity index (χ1v) is 8.11. The van der Waals surface area contributed by atoms with Crippen molar-refractivity contribution >= 4 is 45.1 Å². The van der Waals surface area contributed by atoms with Gasteiger partial charge in [0.2, 0.25) is 0 Å². The number of thiocarbonyl (C=S) groups is 1. The molecule has 4 heteroatoms. The Bertz CT molecular complexity index is 745. The van der Waals surface area contributed by atoms with Crippen LogP contribution in [0.3, 0.4) is 0 Å². The lowest BCUT2D eigenvalue weighted by Crippen LogP contribution is -2.30. The van der Waals surface area contributed by atoms with Crippen molar-refractivity contribution in [3.63, 3.8) is 0 Å². The molecular formula is C17H16N2S2. The molecule has 0 fully saturated rings. The molecule has 106 valence electrons. The molecule has 3 rings (SSSR count). The van der Waals surface area contributed by atoms with Gasteiger partial charge in [-0.1, -0.05) is 42.5 Å². The molecule has 0 radical (unpaired) electrons. The van der Waals surface area contributed by atoms with Crippen LogP contribution >= 0.6 is 23.6 Å². The van der Waals surface area contributed by atoms with E-state index in [0.717, 1.165) is 5.69 Å². The second kappa shape index (κ2) is 6.24. The van der Waals surface area contributed by atoms with Gasteiger partial charge in [-0.05, 0) is 42.0 Å². The Morgan fingerprint density at radius 2 is 1.86 bits per heavy atom. The minimum Gasteiger partial charge on any atom is -0.355 e. The maximum atomic E-state index is 5.43. The van der Waals surface area contributed by atoms with Crippen molar-refractivity contribution in [3.05, 3.63) is 64.9 Å². The number of rotatable bonds is 3. The van der Waals surface area contributed by atoms with Gasteiger partial charge >= 0.3 is 0 Å². The molecule has 1 aromatic heterocycles. The van der Waals surface area contributed by atoms with Gasteiger partial charge in [-0.15, -0.1) is 11.3 Å². The smallest absolute Gasteiger partial charge is 0.171 e. The number of nitrogens with one attached hydrogen (secondary N) is 2.